The topological polar surface area (TPSA) is 40.5 Å². The molecular weight excluding hydrogens is 196 g/mol. The summed E-state index contributed by atoms with van der Waals surface area (Å²) >= 11 is 1.61. The molecular formula is C11H18O2S. The summed E-state index contributed by atoms with van der Waals surface area (Å²) in [6.07, 6.45) is -0.811. The van der Waals surface area contributed by atoms with E-state index in [1.807, 2.05) is 38.3 Å². The van der Waals surface area contributed by atoms with Crippen molar-refractivity contribution in [2.45, 2.75) is 39.4 Å². The third kappa shape index (κ3) is 3.08. The predicted molar refractivity (Wildman–Crippen MR) is 59.5 cm³/mol. The Bertz CT molecular complexity index is 261. The molecule has 0 aromatic carbocycles. The molecule has 2 atom stereocenters. The highest BCUT2D eigenvalue weighted by molar-refractivity contribution is 7.09. The molecule has 2 N–H and O–H groups in total. The zero-order valence-electron chi connectivity index (χ0n) is 8.90. The van der Waals surface area contributed by atoms with Gasteiger partial charge in [0.05, 0.1) is 12.2 Å². The molecule has 0 fully saturated rings. The van der Waals surface area contributed by atoms with Gasteiger partial charge in [0.2, 0.25) is 0 Å². The fourth-order valence-corrected chi connectivity index (χ4v) is 2.08. The average molecular weight is 214 g/mol. The van der Waals surface area contributed by atoms with Gasteiger partial charge in [0.1, 0.15) is 0 Å². The minimum atomic E-state index is -0.676. The van der Waals surface area contributed by atoms with Crippen LogP contribution in [0, 0.1) is 5.41 Å². The first kappa shape index (κ1) is 11.7. The van der Waals surface area contributed by atoms with Gasteiger partial charge >= 0.3 is 0 Å². The molecule has 0 bridgehead atoms. The number of aliphatic hydroxyl groups is 2. The zero-order valence-corrected chi connectivity index (χ0v) is 9.71. The largest absolute Gasteiger partial charge is 0.390 e. The zero-order chi connectivity index (χ0) is 10.8. The number of thiophene rings is 1. The maximum Gasteiger partial charge on any atom is 0.0852 e. The number of hydrogen-bond donors (Lipinski definition) is 2. The average Bonchev–Trinajstić information content (AvgIpc) is 2.53. The fourth-order valence-electron chi connectivity index (χ4n) is 1.32. The maximum absolute atomic E-state index is 9.81. The van der Waals surface area contributed by atoms with Crippen molar-refractivity contribution in [1.82, 2.24) is 0 Å². The number of aliphatic hydroxyl groups excluding tert-OH is 2. The number of hydrogen-bond acceptors (Lipinski definition) is 3. The lowest BCUT2D eigenvalue weighted by Crippen LogP contribution is -2.38. The van der Waals surface area contributed by atoms with E-state index in [1.54, 1.807) is 11.3 Å². The second-order valence-electron chi connectivity index (χ2n) is 4.66. The second-order valence-corrected chi connectivity index (χ2v) is 5.69. The Labute approximate surface area is 89.2 Å². The molecule has 1 aromatic rings. The van der Waals surface area contributed by atoms with Crippen LogP contribution in [0.4, 0.5) is 0 Å². The van der Waals surface area contributed by atoms with Crippen molar-refractivity contribution >= 4 is 11.3 Å². The summed E-state index contributed by atoms with van der Waals surface area (Å²) in [5.41, 5.74) is -0.267. The van der Waals surface area contributed by atoms with E-state index in [9.17, 15) is 10.2 Å². The SMILES string of the molecule is CC(C)(C)C(O)C(O)Cc1cccs1. The van der Waals surface area contributed by atoms with Crippen LogP contribution in [0.25, 0.3) is 0 Å². The second kappa shape index (κ2) is 4.43. The standard InChI is InChI=1S/C11H18O2S/c1-11(2,3)10(13)9(12)7-8-5-4-6-14-8/h4-6,9-10,12-13H,7H2,1-3H3. The van der Waals surface area contributed by atoms with E-state index in [1.165, 1.54) is 0 Å². The van der Waals surface area contributed by atoms with Gasteiger partial charge in [-0.3, -0.25) is 0 Å². The molecule has 0 aliphatic rings. The molecule has 0 saturated heterocycles. The van der Waals surface area contributed by atoms with E-state index in [4.69, 9.17) is 0 Å². The highest BCUT2D eigenvalue weighted by Crippen LogP contribution is 2.24. The Balaban J connectivity index is 2.54. The third-order valence-electron chi connectivity index (χ3n) is 2.24. The first-order chi connectivity index (χ1) is 6.41. The van der Waals surface area contributed by atoms with E-state index in [0.717, 1.165) is 4.88 Å². The predicted octanol–water partition coefficient (Wildman–Crippen LogP) is 2.06. The lowest BCUT2D eigenvalue weighted by atomic mass is 9.85. The van der Waals surface area contributed by atoms with Crippen molar-refractivity contribution in [1.29, 1.82) is 0 Å². The molecule has 1 rings (SSSR count). The van der Waals surface area contributed by atoms with E-state index in [-0.39, 0.29) is 5.41 Å². The maximum atomic E-state index is 9.81. The summed E-state index contributed by atoms with van der Waals surface area (Å²) in [5, 5.41) is 21.6. The monoisotopic (exact) mass is 214 g/mol. The lowest BCUT2D eigenvalue weighted by molar-refractivity contribution is -0.0430. The molecule has 14 heavy (non-hydrogen) atoms. The van der Waals surface area contributed by atoms with Gasteiger partial charge in [-0.15, -0.1) is 11.3 Å². The van der Waals surface area contributed by atoms with Crippen LogP contribution in [0.1, 0.15) is 25.6 Å². The normalized spacial score (nSPS) is 16.6. The summed E-state index contributed by atoms with van der Waals surface area (Å²) < 4.78 is 0. The van der Waals surface area contributed by atoms with E-state index in [2.05, 4.69) is 0 Å². The summed E-state index contributed by atoms with van der Waals surface area (Å²) in [5.74, 6) is 0. The molecule has 0 spiro atoms. The van der Waals surface area contributed by atoms with Crippen LogP contribution < -0.4 is 0 Å². The van der Waals surface area contributed by atoms with E-state index < -0.39 is 12.2 Å². The summed E-state index contributed by atoms with van der Waals surface area (Å²) in [6.45, 7) is 5.78. The highest BCUT2D eigenvalue weighted by Gasteiger charge is 2.29. The summed E-state index contributed by atoms with van der Waals surface area (Å²) in [6, 6.07) is 3.93. The Hall–Kier alpha value is -0.380. The smallest absolute Gasteiger partial charge is 0.0852 e. The van der Waals surface area contributed by atoms with Crippen LogP contribution in [-0.4, -0.2) is 22.4 Å². The minimum Gasteiger partial charge on any atom is -0.390 e. The molecule has 0 radical (unpaired) electrons. The van der Waals surface area contributed by atoms with Crippen molar-refractivity contribution in [3.8, 4) is 0 Å². The van der Waals surface area contributed by atoms with E-state index in [0.29, 0.717) is 6.42 Å². The molecule has 0 amide bonds. The molecule has 80 valence electrons. The molecule has 0 aliphatic carbocycles. The minimum absolute atomic E-state index is 0.267. The third-order valence-corrected chi connectivity index (χ3v) is 3.14. The first-order valence-corrected chi connectivity index (χ1v) is 5.68. The Morgan fingerprint density at radius 3 is 2.43 bits per heavy atom. The van der Waals surface area contributed by atoms with Crippen LogP contribution in [0.3, 0.4) is 0 Å². The van der Waals surface area contributed by atoms with Gasteiger partial charge in [0, 0.05) is 11.3 Å². The van der Waals surface area contributed by atoms with Crippen molar-refractivity contribution in [3.63, 3.8) is 0 Å². The van der Waals surface area contributed by atoms with Crippen LogP contribution in [0.2, 0.25) is 0 Å². The van der Waals surface area contributed by atoms with E-state index >= 15 is 0 Å². The summed E-state index contributed by atoms with van der Waals surface area (Å²) in [7, 11) is 0. The van der Waals surface area contributed by atoms with Gasteiger partial charge in [0.15, 0.2) is 0 Å². The quantitative estimate of drug-likeness (QED) is 0.808. The van der Waals surface area contributed by atoms with Crippen molar-refractivity contribution in [2.24, 2.45) is 5.41 Å². The van der Waals surface area contributed by atoms with Gasteiger partial charge < -0.3 is 10.2 Å². The molecule has 2 nitrogen and oxygen atoms in total. The Morgan fingerprint density at radius 2 is 2.00 bits per heavy atom. The van der Waals surface area contributed by atoms with Gasteiger partial charge in [-0.1, -0.05) is 26.8 Å². The Kier molecular flexibility index (Phi) is 3.70. The molecule has 1 heterocycles. The lowest BCUT2D eigenvalue weighted by Gasteiger charge is -2.29. The number of rotatable bonds is 3. The highest BCUT2D eigenvalue weighted by atomic mass is 32.1. The van der Waals surface area contributed by atoms with Crippen molar-refractivity contribution in [2.75, 3.05) is 0 Å². The van der Waals surface area contributed by atoms with Crippen LogP contribution in [0.15, 0.2) is 17.5 Å². The van der Waals surface area contributed by atoms with Crippen LogP contribution in [0.5, 0.6) is 0 Å². The molecule has 1 aromatic heterocycles. The molecule has 2 unspecified atom stereocenters. The molecule has 3 heteroatoms. The van der Waals surface area contributed by atoms with Gasteiger partial charge in [0.25, 0.3) is 0 Å². The molecule has 0 saturated carbocycles. The van der Waals surface area contributed by atoms with Crippen molar-refractivity contribution in [3.05, 3.63) is 22.4 Å². The summed E-state index contributed by atoms with van der Waals surface area (Å²) in [4.78, 5) is 1.11. The van der Waals surface area contributed by atoms with Gasteiger partial charge in [-0.25, -0.2) is 0 Å². The first-order valence-electron chi connectivity index (χ1n) is 4.80. The van der Waals surface area contributed by atoms with Crippen LogP contribution >= 0.6 is 11.3 Å². The van der Waals surface area contributed by atoms with Crippen LogP contribution in [-0.2, 0) is 6.42 Å². The fraction of sp³-hybridized carbons (Fsp3) is 0.636. The molecule has 0 aliphatic heterocycles. The van der Waals surface area contributed by atoms with Gasteiger partial charge in [-0.2, -0.15) is 0 Å². The van der Waals surface area contributed by atoms with Crippen molar-refractivity contribution < 1.29 is 10.2 Å². The van der Waals surface area contributed by atoms with Gasteiger partial charge in [-0.05, 0) is 16.9 Å². The Morgan fingerprint density at radius 1 is 1.36 bits per heavy atom.